The summed E-state index contributed by atoms with van der Waals surface area (Å²) in [7, 11) is 0. The van der Waals surface area contributed by atoms with Crippen LogP contribution in [0.5, 0.6) is 11.5 Å². The standard InChI is InChI=1S/C25H26N6O2/c26-19-5-7-24-28-25(18-4-6-21-22(15-18)33-14-13-32-21)20(31(24)16-19)17-29-9-11-30(12-10-29)23-3-1-2-8-27-23/h1-8,15-16H,9-14,17,26H2. The lowest BCUT2D eigenvalue weighted by atomic mass is 10.1. The molecule has 6 rings (SSSR count). The molecule has 4 aromatic rings. The first kappa shape index (κ1) is 19.9. The largest absolute Gasteiger partial charge is 0.486 e. The van der Waals surface area contributed by atoms with Crippen LogP contribution in [0.2, 0.25) is 0 Å². The number of rotatable bonds is 4. The van der Waals surface area contributed by atoms with Crippen molar-refractivity contribution in [2.45, 2.75) is 6.54 Å². The third-order valence-corrected chi connectivity index (χ3v) is 6.27. The molecule has 0 saturated carbocycles. The van der Waals surface area contributed by atoms with Gasteiger partial charge in [0.25, 0.3) is 0 Å². The number of aromatic nitrogens is 3. The Morgan fingerprint density at radius 1 is 0.909 bits per heavy atom. The van der Waals surface area contributed by atoms with Crippen molar-refractivity contribution in [3.8, 4) is 22.8 Å². The summed E-state index contributed by atoms with van der Waals surface area (Å²) in [5.74, 6) is 2.59. The Labute approximate surface area is 192 Å². The van der Waals surface area contributed by atoms with Crippen molar-refractivity contribution in [2.24, 2.45) is 0 Å². The Balaban J connectivity index is 1.31. The van der Waals surface area contributed by atoms with E-state index in [0.29, 0.717) is 13.2 Å². The average molecular weight is 443 g/mol. The summed E-state index contributed by atoms with van der Waals surface area (Å²) >= 11 is 0. The minimum absolute atomic E-state index is 0.561. The zero-order valence-electron chi connectivity index (χ0n) is 18.4. The molecule has 0 amide bonds. The second-order valence-corrected chi connectivity index (χ2v) is 8.41. The van der Waals surface area contributed by atoms with Crippen LogP contribution in [-0.2, 0) is 6.54 Å². The molecule has 8 nitrogen and oxygen atoms in total. The second kappa shape index (κ2) is 8.29. The molecule has 168 valence electrons. The summed E-state index contributed by atoms with van der Waals surface area (Å²) in [6.07, 6.45) is 3.81. The number of nitrogen functional groups attached to an aromatic ring is 1. The lowest BCUT2D eigenvalue weighted by Crippen LogP contribution is -2.46. The van der Waals surface area contributed by atoms with Crippen molar-refractivity contribution in [1.82, 2.24) is 19.3 Å². The van der Waals surface area contributed by atoms with Crippen LogP contribution >= 0.6 is 0 Å². The summed E-state index contributed by atoms with van der Waals surface area (Å²) in [5, 5.41) is 0. The van der Waals surface area contributed by atoms with E-state index in [0.717, 1.165) is 78.3 Å². The van der Waals surface area contributed by atoms with E-state index in [4.69, 9.17) is 20.2 Å². The number of imidazole rings is 1. The van der Waals surface area contributed by atoms with Gasteiger partial charge in [0.15, 0.2) is 11.5 Å². The van der Waals surface area contributed by atoms with Crippen molar-refractivity contribution >= 4 is 17.2 Å². The maximum atomic E-state index is 6.14. The molecular formula is C25H26N6O2. The minimum Gasteiger partial charge on any atom is -0.486 e. The summed E-state index contributed by atoms with van der Waals surface area (Å²) in [4.78, 5) is 14.3. The molecule has 8 heteroatoms. The number of fused-ring (bicyclic) bond motifs is 2. The summed E-state index contributed by atoms with van der Waals surface area (Å²) in [5.41, 5.74) is 10.8. The van der Waals surface area contributed by atoms with Gasteiger partial charge in [0.1, 0.15) is 24.7 Å². The maximum Gasteiger partial charge on any atom is 0.162 e. The van der Waals surface area contributed by atoms with Gasteiger partial charge < -0.3 is 24.5 Å². The summed E-state index contributed by atoms with van der Waals surface area (Å²) in [6.45, 7) is 5.70. The first-order valence-electron chi connectivity index (χ1n) is 11.3. The number of nitrogens with two attached hydrogens (primary N) is 1. The summed E-state index contributed by atoms with van der Waals surface area (Å²) in [6, 6.07) is 16.0. The third-order valence-electron chi connectivity index (χ3n) is 6.27. The molecule has 0 aliphatic carbocycles. The molecule has 0 spiro atoms. The molecule has 3 aromatic heterocycles. The van der Waals surface area contributed by atoms with Gasteiger partial charge in [-0.05, 0) is 42.5 Å². The van der Waals surface area contributed by atoms with E-state index in [1.54, 1.807) is 0 Å². The number of hydrogen-bond donors (Lipinski definition) is 1. The Hall–Kier alpha value is -3.78. The van der Waals surface area contributed by atoms with E-state index in [-0.39, 0.29) is 0 Å². The van der Waals surface area contributed by atoms with E-state index < -0.39 is 0 Å². The quantitative estimate of drug-likeness (QED) is 0.520. The Morgan fingerprint density at radius 2 is 1.76 bits per heavy atom. The average Bonchev–Trinajstić information content (AvgIpc) is 3.22. The minimum atomic E-state index is 0.561. The number of pyridine rings is 2. The summed E-state index contributed by atoms with van der Waals surface area (Å²) < 4.78 is 13.6. The van der Waals surface area contributed by atoms with E-state index >= 15 is 0 Å². The topological polar surface area (TPSA) is 81.2 Å². The maximum absolute atomic E-state index is 6.14. The van der Waals surface area contributed by atoms with Crippen molar-refractivity contribution in [3.63, 3.8) is 0 Å². The predicted molar refractivity (Wildman–Crippen MR) is 128 cm³/mol. The van der Waals surface area contributed by atoms with Crippen molar-refractivity contribution in [2.75, 3.05) is 50.0 Å². The van der Waals surface area contributed by atoms with Crippen molar-refractivity contribution in [1.29, 1.82) is 0 Å². The number of benzene rings is 1. The first-order valence-corrected chi connectivity index (χ1v) is 11.3. The zero-order valence-corrected chi connectivity index (χ0v) is 18.4. The highest BCUT2D eigenvalue weighted by Gasteiger charge is 2.23. The number of ether oxygens (including phenoxy) is 2. The van der Waals surface area contributed by atoms with E-state index in [2.05, 4.69) is 31.3 Å². The number of piperazine rings is 1. The number of hydrogen-bond acceptors (Lipinski definition) is 7. The monoisotopic (exact) mass is 442 g/mol. The Bertz CT molecular complexity index is 1280. The fourth-order valence-corrected chi connectivity index (χ4v) is 4.57. The molecule has 2 aliphatic heterocycles. The van der Waals surface area contributed by atoms with Gasteiger partial charge >= 0.3 is 0 Å². The molecule has 0 unspecified atom stereocenters. The Kier molecular flexibility index (Phi) is 4.99. The molecule has 1 aromatic carbocycles. The first-order chi connectivity index (χ1) is 16.2. The lowest BCUT2D eigenvalue weighted by Gasteiger charge is -2.35. The fourth-order valence-electron chi connectivity index (χ4n) is 4.57. The number of nitrogens with zero attached hydrogens (tertiary/aromatic N) is 5. The molecule has 33 heavy (non-hydrogen) atoms. The van der Waals surface area contributed by atoms with Gasteiger partial charge in [-0.25, -0.2) is 9.97 Å². The van der Waals surface area contributed by atoms with Gasteiger partial charge in [0.2, 0.25) is 0 Å². The van der Waals surface area contributed by atoms with Crippen molar-refractivity contribution in [3.05, 3.63) is 66.6 Å². The molecule has 5 heterocycles. The molecule has 0 bridgehead atoms. The molecule has 1 saturated heterocycles. The SMILES string of the molecule is Nc1ccc2nc(-c3ccc4c(c3)OCCO4)c(CN3CCN(c4ccccn4)CC3)n2c1. The fraction of sp³-hybridized carbons (Fsp3) is 0.280. The normalized spacial score (nSPS) is 16.3. The molecule has 1 fully saturated rings. The third kappa shape index (κ3) is 3.82. The van der Waals surface area contributed by atoms with Gasteiger partial charge in [0.05, 0.1) is 11.4 Å². The van der Waals surface area contributed by atoms with Gasteiger partial charge in [0, 0.05) is 56.4 Å². The lowest BCUT2D eigenvalue weighted by molar-refractivity contribution is 0.171. The van der Waals surface area contributed by atoms with Crippen LogP contribution in [-0.4, -0.2) is 58.7 Å². The highest BCUT2D eigenvalue weighted by molar-refractivity contribution is 5.70. The van der Waals surface area contributed by atoms with Crippen LogP contribution in [0.1, 0.15) is 5.69 Å². The van der Waals surface area contributed by atoms with E-state index in [1.165, 1.54) is 0 Å². The molecule has 2 aliphatic rings. The second-order valence-electron chi connectivity index (χ2n) is 8.41. The van der Waals surface area contributed by atoms with Crippen LogP contribution in [0.4, 0.5) is 11.5 Å². The number of anilines is 2. The van der Waals surface area contributed by atoms with Crippen LogP contribution in [0.25, 0.3) is 16.9 Å². The highest BCUT2D eigenvalue weighted by Crippen LogP contribution is 2.36. The van der Waals surface area contributed by atoms with Gasteiger partial charge in [-0.1, -0.05) is 6.07 Å². The van der Waals surface area contributed by atoms with Crippen LogP contribution in [0.15, 0.2) is 60.9 Å². The molecule has 0 radical (unpaired) electrons. The molecule has 2 N–H and O–H groups in total. The Morgan fingerprint density at radius 3 is 2.58 bits per heavy atom. The van der Waals surface area contributed by atoms with Gasteiger partial charge in [-0.3, -0.25) is 4.90 Å². The van der Waals surface area contributed by atoms with Crippen molar-refractivity contribution < 1.29 is 9.47 Å². The van der Waals surface area contributed by atoms with Crippen LogP contribution in [0, 0.1) is 0 Å². The van der Waals surface area contributed by atoms with Gasteiger partial charge in [-0.2, -0.15) is 0 Å². The molecule has 0 atom stereocenters. The smallest absolute Gasteiger partial charge is 0.162 e. The predicted octanol–water partition coefficient (Wildman–Crippen LogP) is 3.07. The van der Waals surface area contributed by atoms with E-state index in [1.807, 2.05) is 48.8 Å². The molecular weight excluding hydrogens is 416 g/mol. The zero-order chi connectivity index (χ0) is 22.2. The van der Waals surface area contributed by atoms with Crippen LogP contribution in [0.3, 0.4) is 0 Å². The van der Waals surface area contributed by atoms with Gasteiger partial charge in [-0.15, -0.1) is 0 Å². The highest BCUT2D eigenvalue weighted by atomic mass is 16.6. The van der Waals surface area contributed by atoms with Crippen LogP contribution < -0.4 is 20.1 Å². The van der Waals surface area contributed by atoms with E-state index in [9.17, 15) is 0 Å².